The molecule has 60 heavy (non-hydrogen) atoms. The van der Waals surface area contributed by atoms with Crippen LogP contribution in [0.3, 0.4) is 0 Å². The first-order chi connectivity index (χ1) is 29.7. The molecule has 0 bridgehead atoms. The number of nitrogens with zero attached hydrogens (tertiary/aromatic N) is 2. The van der Waals surface area contributed by atoms with Crippen LogP contribution in [0.4, 0.5) is 28.4 Å². The lowest BCUT2D eigenvalue weighted by molar-refractivity contribution is 0.745. The van der Waals surface area contributed by atoms with Gasteiger partial charge in [0.2, 0.25) is 0 Å². The molecule has 2 heteroatoms. The first-order valence-electron chi connectivity index (χ1n) is 20.8. The van der Waals surface area contributed by atoms with Crippen molar-refractivity contribution in [1.82, 2.24) is 0 Å². The lowest BCUT2D eigenvalue weighted by atomic mass is 9.89. The van der Waals surface area contributed by atoms with Gasteiger partial charge < -0.3 is 9.80 Å². The molecule has 0 saturated carbocycles. The maximum Gasteiger partial charge on any atom is 0.0629 e. The number of benzene rings is 9. The van der Waals surface area contributed by atoms with Crippen LogP contribution in [0.1, 0.15) is 11.5 Å². The van der Waals surface area contributed by atoms with Crippen LogP contribution in [0.15, 0.2) is 243 Å². The summed E-state index contributed by atoms with van der Waals surface area (Å²) in [5, 5.41) is 2.51. The second-order valence-corrected chi connectivity index (χ2v) is 15.7. The zero-order valence-corrected chi connectivity index (χ0v) is 33.1. The van der Waals surface area contributed by atoms with Crippen molar-refractivity contribution in [3.63, 3.8) is 0 Å². The average Bonchev–Trinajstić information content (AvgIpc) is 3.66. The number of para-hydroxylation sites is 1. The van der Waals surface area contributed by atoms with Crippen molar-refractivity contribution in [3.05, 3.63) is 248 Å². The summed E-state index contributed by atoms with van der Waals surface area (Å²) in [6.45, 7) is 0. The minimum absolute atomic E-state index is 0.284. The summed E-state index contributed by atoms with van der Waals surface area (Å²) < 4.78 is 0. The Kier molecular flexibility index (Phi) is 9.02. The first-order valence-corrected chi connectivity index (χ1v) is 20.8. The van der Waals surface area contributed by atoms with E-state index < -0.39 is 0 Å². The first kappa shape index (κ1) is 35.5. The van der Waals surface area contributed by atoms with Crippen molar-refractivity contribution in [1.29, 1.82) is 0 Å². The molecule has 2 nitrogen and oxygen atoms in total. The van der Waals surface area contributed by atoms with Crippen LogP contribution in [0.25, 0.3) is 55.3 Å². The predicted molar refractivity (Wildman–Crippen MR) is 254 cm³/mol. The summed E-state index contributed by atoms with van der Waals surface area (Å²) in [7, 11) is 0. The quantitative estimate of drug-likeness (QED) is 0.152. The third kappa shape index (κ3) is 6.49. The summed E-state index contributed by atoms with van der Waals surface area (Å²) in [5.41, 5.74) is 16.9. The van der Waals surface area contributed by atoms with Gasteiger partial charge in [-0.2, -0.15) is 0 Å². The monoisotopic (exact) mass is 766 g/mol. The highest BCUT2D eigenvalue weighted by molar-refractivity contribution is 5.97. The number of rotatable bonds is 8. The highest BCUT2D eigenvalue weighted by Crippen LogP contribution is 2.49. The summed E-state index contributed by atoms with van der Waals surface area (Å²) in [6.07, 6.45) is 9.06. The van der Waals surface area contributed by atoms with Gasteiger partial charge in [-0.3, -0.25) is 0 Å². The van der Waals surface area contributed by atoms with Crippen LogP contribution in [0.5, 0.6) is 0 Å². The van der Waals surface area contributed by atoms with Crippen LogP contribution in [0, 0.1) is 0 Å². The molecule has 9 aromatic carbocycles. The van der Waals surface area contributed by atoms with Gasteiger partial charge in [-0.1, -0.05) is 182 Å². The molecule has 0 fully saturated rings. The number of anilines is 5. The molecule has 0 N–H and O–H groups in total. The standard InChI is InChI=1S/C58H42N2/c1-3-12-41(13-4-1)43-26-33-50(34-27-43)59(52-37-30-47(31-38-52)54-20-11-15-46-14-7-8-18-53(46)54)51-35-28-44(29-36-51)42-22-24-45(25-23-42)48-32-39-58-56(40-48)55-19-9-10-21-57(55)60(58)49-16-5-2-6-17-49/h1-40,55,57H. The van der Waals surface area contributed by atoms with E-state index in [0.717, 1.165) is 17.1 Å². The van der Waals surface area contributed by atoms with Crippen molar-refractivity contribution < 1.29 is 0 Å². The van der Waals surface area contributed by atoms with Gasteiger partial charge in [0.25, 0.3) is 0 Å². The van der Waals surface area contributed by atoms with Crippen molar-refractivity contribution in [2.45, 2.75) is 12.0 Å². The highest BCUT2D eigenvalue weighted by atomic mass is 15.2. The molecule has 1 heterocycles. The topological polar surface area (TPSA) is 6.48 Å². The van der Waals surface area contributed by atoms with E-state index in [1.165, 1.54) is 72.2 Å². The second-order valence-electron chi connectivity index (χ2n) is 15.7. The smallest absolute Gasteiger partial charge is 0.0629 e. The SMILES string of the molecule is C1=CC2c3cc(-c4ccc(-c5ccc(N(c6ccc(-c7ccccc7)cc6)c6ccc(-c7cccc8ccccc78)cc6)cc5)cc4)ccc3N(c3ccccc3)C2C=C1. The Hall–Kier alpha value is -7.68. The lowest BCUT2D eigenvalue weighted by Crippen LogP contribution is -2.28. The molecule has 284 valence electrons. The van der Waals surface area contributed by atoms with Crippen molar-refractivity contribution >= 4 is 39.2 Å². The van der Waals surface area contributed by atoms with Crippen LogP contribution in [-0.4, -0.2) is 6.04 Å². The fraction of sp³-hybridized carbons (Fsp3) is 0.0345. The molecule has 2 aliphatic rings. The second kappa shape index (κ2) is 15.2. The Bertz CT molecular complexity index is 3000. The molecule has 11 rings (SSSR count). The molecule has 2 unspecified atom stereocenters. The molecular formula is C58H42N2. The minimum atomic E-state index is 0.284. The molecule has 0 aromatic heterocycles. The van der Waals surface area contributed by atoms with E-state index in [1.807, 2.05) is 0 Å². The lowest BCUT2D eigenvalue weighted by Gasteiger charge is -2.28. The normalized spacial score (nSPS) is 15.2. The Balaban J connectivity index is 0.893. The third-order valence-corrected chi connectivity index (χ3v) is 12.2. The molecule has 2 atom stereocenters. The van der Waals surface area contributed by atoms with Crippen molar-refractivity contribution in [3.8, 4) is 44.5 Å². The van der Waals surface area contributed by atoms with Crippen molar-refractivity contribution in [2.75, 3.05) is 9.80 Å². The van der Waals surface area contributed by atoms with Crippen LogP contribution < -0.4 is 9.80 Å². The van der Waals surface area contributed by atoms with Crippen LogP contribution in [0.2, 0.25) is 0 Å². The maximum atomic E-state index is 2.48. The molecule has 9 aromatic rings. The highest BCUT2D eigenvalue weighted by Gasteiger charge is 2.37. The molecule has 0 amide bonds. The zero-order chi connectivity index (χ0) is 39.8. The Labute approximate surface area is 352 Å². The molecule has 0 spiro atoms. The largest absolute Gasteiger partial charge is 0.333 e. The number of hydrogen-bond acceptors (Lipinski definition) is 2. The molecule has 0 saturated heterocycles. The average molecular weight is 767 g/mol. The van der Waals surface area contributed by atoms with E-state index in [-0.39, 0.29) is 6.04 Å². The molecule has 1 aliphatic heterocycles. The van der Waals surface area contributed by atoms with E-state index in [2.05, 4.69) is 252 Å². The Morgan fingerprint density at radius 3 is 1.50 bits per heavy atom. The van der Waals surface area contributed by atoms with E-state index in [0.29, 0.717) is 5.92 Å². The van der Waals surface area contributed by atoms with Gasteiger partial charge in [-0.25, -0.2) is 0 Å². The van der Waals surface area contributed by atoms with Gasteiger partial charge in [-0.05, 0) is 122 Å². The van der Waals surface area contributed by atoms with E-state index in [4.69, 9.17) is 0 Å². The van der Waals surface area contributed by atoms with Gasteiger partial charge in [0.15, 0.2) is 0 Å². The van der Waals surface area contributed by atoms with Gasteiger partial charge in [0.1, 0.15) is 0 Å². The Morgan fingerprint density at radius 2 is 0.850 bits per heavy atom. The fourth-order valence-electron chi connectivity index (χ4n) is 9.22. The summed E-state index contributed by atoms with van der Waals surface area (Å²) in [5.74, 6) is 0.325. The molecule has 0 radical (unpaired) electrons. The summed E-state index contributed by atoms with van der Waals surface area (Å²) in [6, 6.07) is 79.7. The van der Waals surface area contributed by atoms with Gasteiger partial charge in [0.05, 0.1) is 6.04 Å². The van der Waals surface area contributed by atoms with Crippen LogP contribution in [-0.2, 0) is 0 Å². The molecular weight excluding hydrogens is 725 g/mol. The van der Waals surface area contributed by atoms with Gasteiger partial charge in [-0.15, -0.1) is 0 Å². The van der Waals surface area contributed by atoms with Gasteiger partial charge >= 0.3 is 0 Å². The van der Waals surface area contributed by atoms with E-state index in [9.17, 15) is 0 Å². The maximum absolute atomic E-state index is 2.48. The van der Waals surface area contributed by atoms with Crippen molar-refractivity contribution in [2.24, 2.45) is 0 Å². The van der Waals surface area contributed by atoms with E-state index >= 15 is 0 Å². The fourth-order valence-corrected chi connectivity index (χ4v) is 9.22. The molecule has 1 aliphatic carbocycles. The van der Waals surface area contributed by atoms with Gasteiger partial charge in [0, 0.05) is 34.4 Å². The van der Waals surface area contributed by atoms with E-state index in [1.54, 1.807) is 0 Å². The summed E-state index contributed by atoms with van der Waals surface area (Å²) in [4.78, 5) is 4.84. The predicted octanol–water partition coefficient (Wildman–Crippen LogP) is 15.7. The van der Waals surface area contributed by atoms with Crippen LogP contribution >= 0.6 is 0 Å². The minimum Gasteiger partial charge on any atom is -0.333 e. The Morgan fingerprint density at radius 1 is 0.367 bits per heavy atom. The number of fused-ring (bicyclic) bond motifs is 4. The number of allylic oxidation sites excluding steroid dienone is 2. The number of hydrogen-bond donors (Lipinski definition) is 0. The summed E-state index contributed by atoms with van der Waals surface area (Å²) >= 11 is 0. The zero-order valence-electron chi connectivity index (χ0n) is 33.1. The third-order valence-electron chi connectivity index (χ3n) is 12.2.